The molecule has 0 bridgehead atoms. The molecule has 2 rings (SSSR count). The average Bonchev–Trinajstić information content (AvgIpc) is 2.75. The third-order valence-corrected chi connectivity index (χ3v) is 3.46. The van der Waals surface area contributed by atoms with Gasteiger partial charge in [0.25, 0.3) is 0 Å². The molecule has 0 aliphatic heterocycles. The lowest BCUT2D eigenvalue weighted by Crippen LogP contribution is -2.06. The maximum absolute atomic E-state index is 5.16. The molecule has 18 heavy (non-hydrogen) atoms. The molecule has 1 N–H and O–H groups in total. The Bertz CT molecular complexity index is 486. The van der Waals surface area contributed by atoms with Crippen LogP contribution in [0.2, 0.25) is 0 Å². The predicted molar refractivity (Wildman–Crippen MR) is 71.4 cm³/mol. The van der Waals surface area contributed by atoms with Crippen molar-refractivity contribution in [2.45, 2.75) is 20.1 Å². The number of ether oxygens (including phenoxy) is 1. The van der Waals surface area contributed by atoms with Gasteiger partial charge in [-0.25, -0.2) is 15.0 Å². The molecule has 0 saturated carbocycles. The van der Waals surface area contributed by atoms with Crippen LogP contribution in [0, 0.1) is 6.92 Å². The van der Waals surface area contributed by atoms with E-state index in [0.717, 1.165) is 22.8 Å². The summed E-state index contributed by atoms with van der Waals surface area (Å²) in [6.07, 6.45) is 3.61. The maximum atomic E-state index is 5.16. The summed E-state index contributed by atoms with van der Waals surface area (Å²) in [5.74, 6) is 0.672. The molecule has 2 aromatic rings. The molecule has 5 nitrogen and oxygen atoms in total. The highest BCUT2D eigenvalue weighted by atomic mass is 32.1. The predicted octanol–water partition coefficient (Wildman–Crippen LogP) is 1.77. The van der Waals surface area contributed by atoms with Gasteiger partial charge in [-0.3, -0.25) is 0 Å². The van der Waals surface area contributed by atoms with Crippen LogP contribution in [0.4, 0.5) is 0 Å². The lowest BCUT2D eigenvalue weighted by Gasteiger charge is -1.98. The Kier molecular flexibility index (Phi) is 4.35. The van der Waals surface area contributed by atoms with Gasteiger partial charge in [0.05, 0.1) is 12.3 Å². The van der Waals surface area contributed by atoms with Crippen LogP contribution in [0.5, 0.6) is 0 Å². The van der Waals surface area contributed by atoms with E-state index in [4.69, 9.17) is 4.74 Å². The minimum Gasteiger partial charge on any atom is -0.378 e. The van der Waals surface area contributed by atoms with Gasteiger partial charge in [-0.1, -0.05) is 0 Å². The molecule has 0 fully saturated rings. The zero-order valence-electron chi connectivity index (χ0n) is 10.7. The van der Waals surface area contributed by atoms with Crippen molar-refractivity contribution >= 4 is 11.3 Å². The summed E-state index contributed by atoms with van der Waals surface area (Å²) in [5, 5.41) is 3.97. The molecule has 0 radical (unpaired) electrons. The van der Waals surface area contributed by atoms with Crippen LogP contribution in [0.3, 0.4) is 0 Å². The number of thiazole rings is 1. The highest BCUT2D eigenvalue weighted by Gasteiger charge is 2.13. The number of nitrogens with zero attached hydrogens (tertiary/aromatic N) is 3. The van der Waals surface area contributed by atoms with Crippen molar-refractivity contribution in [2.75, 3.05) is 14.2 Å². The molecule has 0 atom stereocenters. The van der Waals surface area contributed by atoms with Gasteiger partial charge in [-0.15, -0.1) is 11.3 Å². The third-order valence-electron chi connectivity index (χ3n) is 2.37. The highest BCUT2D eigenvalue weighted by Crippen LogP contribution is 2.26. The van der Waals surface area contributed by atoms with Crippen molar-refractivity contribution in [3.05, 3.63) is 28.5 Å². The summed E-state index contributed by atoms with van der Waals surface area (Å²) in [4.78, 5) is 14.3. The first-order valence-corrected chi connectivity index (χ1v) is 6.47. The van der Waals surface area contributed by atoms with Crippen molar-refractivity contribution in [1.29, 1.82) is 0 Å². The molecule has 0 amide bonds. The quantitative estimate of drug-likeness (QED) is 0.892. The van der Waals surface area contributed by atoms with Gasteiger partial charge in [0.2, 0.25) is 0 Å². The Labute approximate surface area is 110 Å². The number of methoxy groups -OCH3 is 1. The van der Waals surface area contributed by atoms with Crippen molar-refractivity contribution in [2.24, 2.45) is 0 Å². The SMILES string of the molecule is CNCc1sc(-c2ncc(C)cn2)nc1COC. The lowest BCUT2D eigenvalue weighted by atomic mass is 10.3. The van der Waals surface area contributed by atoms with Crippen LogP contribution in [0.25, 0.3) is 10.8 Å². The molecular formula is C12H16N4OS. The standard InChI is InChI=1S/C12H16N4OS/c1-8-4-14-11(15-5-8)12-16-9(7-17-3)10(18-12)6-13-2/h4-5,13H,6-7H2,1-3H3. The number of nitrogens with one attached hydrogen (secondary N) is 1. The summed E-state index contributed by atoms with van der Waals surface area (Å²) in [6, 6.07) is 0. The number of hydrogen-bond acceptors (Lipinski definition) is 6. The maximum Gasteiger partial charge on any atom is 0.188 e. The van der Waals surface area contributed by atoms with E-state index in [2.05, 4.69) is 20.3 Å². The Morgan fingerprint density at radius 1 is 1.33 bits per heavy atom. The summed E-state index contributed by atoms with van der Waals surface area (Å²) in [6.45, 7) is 3.26. The van der Waals surface area contributed by atoms with Crippen LogP contribution < -0.4 is 5.32 Å². The number of aryl methyl sites for hydroxylation is 1. The average molecular weight is 264 g/mol. The molecule has 2 heterocycles. The van der Waals surface area contributed by atoms with Crippen molar-refractivity contribution < 1.29 is 4.74 Å². The van der Waals surface area contributed by atoms with Gasteiger partial charge in [0, 0.05) is 30.9 Å². The molecule has 0 unspecified atom stereocenters. The number of hydrogen-bond donors (Lipinski definition) is 1. The van der Waals surface area contributed by atoms with Gasteiger partial charge in [0.1, 0.15) is 0 Å². The molecule has 2 aromatic heterocycles. The molecule has 0 aliphatic carbocycles. The van der Waals surface area contributed by atoms with E-state index in [-0.39, 0.29) is 0 Å². The fourth-order valence-electron chi connectivity index (χ4n) is 1.53. The largest absolute Gasteiger partial charge is 0.378 e. The summed E-state index contributed by atoms with van der Waals surface area (Å²) in [5.41, 5.74) is 2.00. The van der Waals surface area contributed by atoms with Gasteiger partial charge in [-0.2, -0.15) is 0 Å². The summed E-state index contributed by atoms with van der Waals surface area (Å²) in [7, 11) is 3.59. The third kappa shape index (κ3) is 2.90. The Hall–Kier alpha value is -1.37. The van der Waals surface area contributed by atoms with E-state index in [0.29, 0.717) is 12.4 Å². The van der Waals surface area contributed by atoms with Crippen LogP contribution in [-0.4, -0.2) is 29.1 Å². The fourth-order valence-corrected chi connectivity index (χ4v) is 2.55. The second kappa shape index (κ2) is 5.99. The van der Waals surface area contributed by atoms with Crippen LogP contribution in [-0.2, 0) is 17.9 Å². The summed E-state index contributed by atoms with van der Waals surface area (Å²) >= 11 is 1.60. The van der Waals surface area contributed by atoms with Crippen molar-refractivity contribution in [3.8, 4) is 10.8 Å². The Balaban J connectivity index is 2.33. The number of rotatable bonds is 5. The smallest absolute Gasteiger partial charge is 0.188 e. The van der Waals surface area contributed by atoms with Gasteiger partial charge < -0.3 is 10.1 Å². The van der Waals surface area contributed by atoms with Crippen molar-refractivity contribution in [3.63, 3.8) is 0 Å². The Morgan fingerprint density at radius 2 is 2.06 bits per heavy atom. The van der Waals surface area contributed by atoms with E-state index in [1.807, 2.05) is 14.0 Å². The zero-order chi connectivity index (χ0) is 13.0. The Morgan fingerprint density at radius 3 is 2.67 bits per heavy atom. The van der Waals surface area contributed by atoms with Gasteiger partial charge >= 0.3 is 0 Å². The molecule has 6 heteroatoms. The number of aromatic nitrogens is 3. The van der Waals surface area contributed by atoms with Crippen LogP contribution in [0.1, 0.15) is 16.1 Å². The second-order valence-corrected chi connectivity index (χ2v) is 5.02. The first-order valence-electron chi connectivity index (χ1n) is 5.65. The second-order valence-electron chi connectivity index (χ2n) is 3.94. The van der Waals surface area contributed by atoms with Gasteiger partial charge in [0.15, 0.2) is 10.8 Å². The topological polar surface area (TPSA) is 59.9 Å². The van der Waals surface area contributed by atoms with Crippen molar-refractivity contribution in [1.82, 2.24) is 20.3 Å². The highest BCUT2D eigenvalue weighted by molar-refractivity contribution is 7.15. The van der Waals surface area contributed by atoms with Crippen LogP contribution in [0.15, 0.2) is 12.4 Å². The molecule has 0 aromatic carbocycles. The normalized spacial score (nSPS) is 10.8. The molecule has 0 aliphatic rings. The van der Waals surface area contributed by atoms with Gasteiger partial charge in [-0.05, 0) is 19.5 Å². The fraction of sp³-hybridized carbons (Fsp3) is 0.417. The minimum atomic E-state index is 0.513. The van der Waals surface area contributed by atoms with Crippen LogP contribution >= 0.6 is 11.3 Å². The molecular weight excluding hydrogens is 248 g/mol. The van der Waals surface area contributed by atoms with E-state index >= 15 is 0 Å². The van der Waals surface area contributed by atoms with E-state index < -0.39 is 0 Å². The minimum absolute atomic E-state index is 0.513. The first kappa shape index (κ1) is 13.1. The molecule has 0 spiro atoms. The molecule has 96 valence electrons. The zero-order valence-corrected chi connectivity index (χ0v) is 11.5. The van der Waals surface area contributed by atoms with E-state index in [9.17, 15) is 0 Å². The summed E-state index contributed by atoms with van der Waals surface area (Å²) < 4.78 is 5.16. The van der Waals surface area contributed by atoms with E-state index in [1.165, 1.54) is 4.88 Å². The van der Waals surface area contributed by atoms with E-state index in [1.54, 1.807) is 30.8 Å². The molecule has 0 saturated heterocycles. The monoisotopic (exact) mass is 264 g/mol. The lowest BCUT2D eigenvalue weighted by molar-refractivity contribution is 0.181. The first-order chi connectivity index (χ1) is 8.74.